The van der Waals surface area contributed by atoms with Crippen LogP contribution in [0.3, 0.4) is 0 Å². The first-order valence-corrected chi connectivity index (χ1v) is 6.86. The molecule has 0 aromatic carbocycles. The van der Waals surface area contributed by atoms with Gasteiger partial charge in [0, 0.05) is 13.0 Å². The molecule has 9 nitrogen and oxygen atoms in total. The van der Waals surface area contributed by atoms with Gasteiger partial charge in [-0.15, -0.1) is 0 Å². The molecule has 1 fully saturated rings. The first-order chi connectivity index (χ1) is 10.1. The molecule has 0 aliphatic heterocycles. The van der Waals surface area contributed by atoms with Gasteiger partial charge < -0.3 is 10.3 Å². The van der Waals surface area contributed by atoms with E-state index in [0.717, 1.165) is 25.7 Å². The standard InChI is InChI=1S/C12H16N6O3/c13-12(4-1-2-5-12)11-15-10(21-16-11)3-6-17-8-9(7-14-17)18(19)20/h7-8H,1-6,13H2. The first-order valence-electron chi connectivity index (χ1n) is 6.86. The van der Waals surface area contributed by atoms with Crippen molar-refractivity contribution < 1.29 is 9.45 Å². The van der Waals surface area contributed by atoms with Crippen molar-refractivity contribution in [3.8, 4) is 0 Å². The summed E-state index contributed by atoms with van der Waals surface area (Å²) in [4.78, 5) is 14.4. The molecule has 1 aliphatic rings. The summed E-state index contributed by atoms with van der Waals surface area (Å²) in [6.45, 7) is 0.438. The third-order valence-electron chi connectivity index (χ3n) is 3.79. The van der Waals surface area contributed by atoms with Crippen LogP contribution in [0.4, 0.5) is 5.69 Å². The van der Waals surface area contributed by atoms with Crippen molar-refractivity contribution in [2.75, 3.05) is 0 Å². The van der Waals surface area contributed by atoms with Gasteiger partial charge >= 0.3 is 5.69 Å². The fraction of sp³-hybridized carbons (Fsp3) is 0.583. The van der Waals surface area contributed by atoms with Crippen LogP contribution >= 0.6 is 0 Å². The molecule has 0 spiro atoms. The molecule has 3 rings (SSSR count). The molecule has 0 saturated heterocycles. The summed E-state index contributed by atoms with van der Waals surface area (Å²) in [7, 11) is 0. The number of nitrogens with zero attached hydrogens (tertiary/aromatic N) is 5. The molecule has 1 saturated carbocycles. The average molecular weight is 292 g/mol. The maximum Gasteiger partial charge on any atom is 0.306 e. The highest BCUT2D eigenvalue weighted by atomic mass is 16.6. The Morgan fingerprint density at radius 2 is 2.24 bits per heavy atom. The third kappa shape index (κ3) is 2.77. The lowest BCUT2D eigenvalue weighted by molar-refractivity contribution is -0.385. The zero-order valence-corrected chi connectivity index (χ0v) is 11.4. The summed E-state index contributed by atoms with van der Waals surface area (Å²) in [6, 6.07) is 0. The zero-order valence-electron chi connectivity index (χ0n) is 11.4. The molecule has 2 heterocycles. The lowest BCUT2D eigenvalue weighted by atomic mass is 9.99. The molecule has 0 amide bonds. The van der Waals surface area contributed by atoms with Crippen molar-refractivity contribution in [3.05, 3.63) is 34.2 Å². The Hall–Kier alpha value is -2.29. The van der Waals surface area contributed by atoms with Crippen LogP contribution in [0.5, 0.6) is 0 Å². The van der Waals surface area contributed by atoms with Crippen molar-refractivity contribution in [2.24, 2.45) is 5.73 Å². The lowest BCUT2D eigenvalue weighted by Crippen LogP contribution is -2.34. The number of aryl methyl sites for hydroxylation is 2. The third-order valence-corrected chi connectivity index (χ3v) is 3.79. The van der Waals surface area contributed by atoms with Gasteiger partial charge in [0.05, 0.1) is 10.5 Å². The Balaban J connectivity index is 1.63. The Morgan fingerprint density at radius 1 is 1.48 bits per heavy atom. The molecule has 1 aliphatic carbocycles. The number of rotatable bonds is 5. The summed E-state index contributed by atoms with van der Waals surface area (Å²) in [6.07, 6.45) is 6.95. The molecule has 2 N–H and O–H groups in total. The fourth-order valence-electron chi connectivity index (χ4n) is 2.57. The van der Waals surface area contributed by atoms with E-state index in [4.69, 9.17) is 10.3 Å². The van der Waals surface area contributed by atoms with Gasteiger partial charge in [0.25, 0.3) is 0 Å². The molecule has 2 aromatic heterocycles. The molecule has 112 valence electrons. The molecule has 0 bridgehead atoms. The Bertz CT molecular complexity index is 643. The molecule has 0 unspecified atom stereocenters. The van der Waals surface area contributed by atoms with E-state index in [2.05, 4.69) is 15.2 Å². The van der Waals surface area contributed by atoms with Gasteiger partial charge in [0.2, 0.25) is 5.89 Å². The molecular formula is C12H16N6O3. The van der Waals surface area contributed by atoms with E-state index in [9.17, 15) is 10.1 Å². The number of hydrogen-bond acceptors (Lipinski definition) is 7. The highest BCUT2D eigenvalue weighted by Gasteiger charge is 2.35. The number of nitrogens with two attached hydrogens (primary N) is 1. The van der Waals surface area contributed by atoms with Gasteiger partial charge in [0.15, 0.2) is 5.82 Å². The van der Waals surface area contributed by atoms with E-state index in [1.165, 1.54) is 17.1 Å². The topological polar surface area (TPSA) is 126 Å². The van der Waals surface area contributed by atoms with Crippen LogP contribution in [0.1, 0.15) is 37.4 Å². The summed E-state index contributed by atoms with van der Waals surface area (Å²) in [5.41, 5.74) is 5.76. The number of hydrogen-bond donors (Lipinski definition) is 1. The normalized spacial score (nSPS) is 17.2. The Morgan fingerprint density at radius 3 is 2.90 bits per heavy atom. The van der Waals surface area contributed by atoms with E-state index in [0.29, 0.717) is 24.7 Å². The highest BCUT2D eigenvalue weighted by Crippen LogP contribution is 2.34. The van der Waals surface area contributed by atoms with Crippen molar-refractivity contribution in [3.63, 3.8) is 0 Å². The van der Waals surface area contributed by atoms with Gasteiger partial charge in [-0.05, 0) is 12.8 Å². The van der Waals surface area contributed by atoms with E-state index in [1.807, 2.05) is 0 Å². The van der Waals surface area contributed by atoms with Crippen LogP contribution in [0.15, 0.2) is 16.9 Å². The number of nitro groups is 1. The second-order valence-corrected chi connectivity index (χ2v) is 5.34. The van der Waals surface area contributed by atoms with Crippen LogP contribution in [-0.2, 0) is 18.5 Å². The largest absolute Gasteiger partial charge is 0.339 e. The molecule has 0 atom stereocenters. The minimum Gasteiger partial charge on any atom is -0.339 e. The maximum absolute atomic E-state index is 10.6. The fourth-order valence-corrected chi connectivity index (χ4v) is 2.57. The summed E-state index contributed by atoms with van der Waals surface area (Å²) < 4.78 is 6.68. The van der Waals surface area contributed by atoms with Gasteiger partial charge in [-0.2, -0.15) is 10.1 Å². The number of aromatic nitrogens is 4. The molecule has 21 heavy (non-hydrogen) atoms. The lowest BCUT2D eigenvalue weighted by Gasteiger charge is -2.17. The van der Waals surface area contributed by atoms with Gasteiger partial charge in [0.1, 0.15) is 12.4 Å². The van der Waals surface area contributed by atoms with Crippen LogP contribution in [-0.4, -0.2) is 24.8 Å². The quantitative estimate of drug-likeness (QED) is 0.646. The van der Waals surface area contributed by atoms with Gasteiger partial charge in [-0.3, -0.25) is 14.8 Å². The molecule has 9 heteroatoms. The van der Waals surface area contributed by atoms with Crippen LogP contribution in [0.25, 0.3) is 0 Å². The molecule has 0 radical (unpaired) electrons. The smallest absolute Gasteiger partial charge is 0.306 e. The van der Waals surface area contributed by atoms with Crippen molar-refractivity contribution in [1.29, 1.82) is 0 Å². The predicted octanol–water partition coefficient (Wildman–Crippen LogP) is 1.14. The minimum atomic E-state index is -0.480. The van der Waals surface area contributed by atoms with Crippen LogP contribution in [0.2, 0.25) is 0 Å². The summed E-state index contributed by atoms with van der Waals surface area (Å²) >= 11 is 0. The predicted molar refractivity (Wildman–Crippen MR) is 71.2 cm³/mol. The van der Waals surface area contributed by atoms with E-state index >= 15 is 0 Å². The Kier molecular flexibility index (Phi) is 3.42. The van der Waals surface area contributed by atoms with Crippen LogP contribution < -0.4 is 5.73 Å². The second kappa shape index (κ2) is 5.24. The van der Waals surface area contributed by atoms with Crippen molar-refractivity contribution in [1.82, 2.24) is 19.9 Å². The van der Waals surface area contributed by atoms with E-state index < -0.39 is 10.5 Å². The summed E-state index contributed by atoms with van der Waals surface area (Å²) in [5, 5.41) is 18.4. The highest BCUT2D eigenvalue weighted by molar-refractivity contribution is 5.20. The first kappa shape index (κ1) is 13.7. The zero-order chi connectivity index (χ0) is 14.9. The van der Waals surface area contributed by atoms with Gasteiger partial charge in [-0.1, -0.05) is 18.0 Å². The van der Waals surface area contributed by atoms with Gasteiger partial charge in [-0.25, -0.2) is 0 Å². The minimum absolute atomic E-state index is 0.0342. The Labute approximate surface area is 120 Å². The van der Waals surface area contributed by atoms with E-state index in [-0.39, 0.29) is 5.69 Å². The SMILES string of the molecule is NC1(c2noc(CCn3cc([N+](=O)[O-])cn3)n2)CCCC1. The maximum atomic E-state index is 10.6. The van der Waals surface area contributed by atoms with E-state index in [1.54, 1.807) is 0 Å². The summed E-state index contributed by atoms with van der Waals surface area (Å²) in [5.74, 6) is 1.03. The molecular weight excluding hydrogens is 276 g/mol. The second-order valence-electron chi connectivity index (χ2n) is 5.34. The van der Waals surface area contributed by atoms with Crippen LogP contribution in [0, 0.1) is 10.1 Å². The monoisotopic (exact) mass is 292 g/mol. The average Bonchev–Trinajstić information content (AvgIpc) is 3.17. The van der Waals surface area contributed by atoms with Crippen molar-refractivity contribution >= 4 is 5.69 Å². The van der Waals surface area contributed by atoms with Crippen molar-refractivity contribution in [2.45, 2.75) is 44.2 Å². The molecule has 2 aromatic rings.